The minimum Gasteiger partial charge on any atom is -0.496 e. The topological polar surface area (TPSA) is 75.6 Å². The molecule has 0 bridgehead atoms. The van der Waals surface area contributed by atoms with Crippen molar-refractivity contribution < 1.29 is 32.6 Å². The normalized spacial score (nSPS) is 12.0. The third-order valence-corrected chi connectivity index (χ3v) is 5.02. The van der Waals surface area contributed by atoms with E-state index in [9.17, 15) is 22.8 Å². The van der Waals surface area contributed by atoms with E-state index in [0.717, 1.165) is 12.1 Å². The van der Waals surface area contributed by atoms with Crippen LogP contribution in [0.3, 0.4) is 0 Å². The molecule has 0 amide bonds. The monoisotopic (exact) mass is 451 g/mol. The molecular formula is C24H28F3NO4. The maximum Gasteiger partial charge on any atom is 0.416 e. The van der Waals surface area contributed by atoms with Crippen molar-refractivity contribution in [3.8, 4) is 16.9 Å². The maximum absolute atomic E-state index is 13.3. The zero-order valence-corrected chi connectivity index (χ0v) is 18.6. The maximum atomic E-state index is 13.3. The summed E-state index contributed by atoms with van der Waals surface area (Å²) in [7, 11) is 1.44. The molecule has 2 N–H and O–H groups in total. The fourth-order valence-corrected chi connectivity index (χ4v) is 3.23. The van der Waals surface area contributed by atoms with Crippen molar-refractivity contribution in [1.29, 1.82) is 0 Å². The summed E-state index contributed by atoms with van der Waals surface area (Å²) in [4.78, 5) is 23.2. The number of hydrogen-bond donors (Lipinski definition) is 2. The smallest absolute Gasteiger partial charge is 0.416 e. The molecule has 0 radical (unpaired) electrons. The van der Waals surface area contributed by atoms with Crippen LogP contribution in [0.1, 0.15) is 43.9 Å². The number of hydrogen-bond acceptors (Lipinski definition) is 4. The Labute approximate surface area is 185 Å². The molecule has 2 aromatic rings. The highest BCUT2D eigenvalue weighted by molar-refractivity contribution is 5.83. The van der Waals surface area contributed by atoms with E-state index in [1.807, 2.05) is 20.8 Å². The lowest BCUT2D eigenvalue weighted by Gasteiger charge is -2.18. The van der Waals surface area contributed by atoms with Crippen molar-refractivity contribution in [2.75, 3.05) is 13.7 Å². The van der Waals surface area contributed by atoms with E-state index in [1.165, 1.54) is 13.2 Å². The van der Waals surface area contributed by atoms with Crippen LogP contribution in [0.25, 0.3) is 11.1 Å². The molecule has 0 heterocycles. The van der Waals surface area contributed by atoms with Gasteiger partial charge in [-0.25, -0.2) is 0 Å². The number of alkyl halides is 3. The molecule has 0 aromatic heterocycles. The van der Waals surface area contributed by atoms with Gasteiger partial charge >= 0.3 is 12.1 Å². The first-order valence-electron chi connectivity index (χ1n) is 10.2. The molecule has 0 fully saturated rings. The van der Waals surface area contributed by atoms with Gasteiger partial charge < -0.3 is 15.2 Å². The average molecular weight is 451 g/mol. The number of carbonyl (C=O) groups excluding carboxylic acids is 1. The SMILES string of the molecule is COc1ccc(CC(=O)O)cc1-c1ccc(C(F)(F)F)cc1CNCCC(=O)C(C)(C)C. The number of carboxylic acid groups (broad SMARTS) is 1. The second-order valence-electron chi connectivity index (χ2n) is 8.57. The molecule has 0 unspecified atom stereocenters. The van der Waals surface area contributed by atoms with E-state index >= 15 is 0 Å². The molecule has 32 heavy (non-hydrogen) atoms. The summed E-state index contributed by atoms with van der Waals surface area (Å²) in [6, 6.07) is 8.24. The molecule has 2 rings (SSSR count). The lowest BCUT2D eigenvalue weighted by atomic mass is 9.89. The summed E-state index contributed by atoms with van der Waals surface area (Å²) in [5.74, 6) is -0.542. The quantitative estimate of drug-likeness (QED) is 0.519. The van der Waals surface area contributed by atoms with E-state index < -0.39 is 23.1 Å². The zero-order valence-electron chi connectivity index (χ0n) is 18.6. The summed E-state index contributed by atoms with van der Waals surface area (Å²) in [6.07, 6.45) is -4.47. The first kappa shape index (κ1) is 25.4. The van der Waals surface area contributed by atoms with Gasteiger partial charge in [-0.05, 0) is 41.0 Å². The van der Waals surface area contributed by atoms with E-state index in [-0.39, 0.29) is 25.2 Å². The van der Waals surface area contributed by atoms with Crippen LogP contribution < -0.4 is 10.1 Å². The highest BCUT2D eigenvalue weighted by Gasteiger charge is 2.31. The van der Waals surface area contributed by atoms with Crippen molar-refractivity contribution in [2.24, 2.45) is 5.41 Å². The number of ether oxygens (including phenoxy) is 1. The average Bonchev–Trinajstić information content (AvgIpc) is 2.69. The third-order valence-electron chi connectivity index (χ3n) is 5.02. The van der Waals surface area contributed by atoms with Gasteiger partial charge in [-0.15, -0.1) is 0 Å². The summed E-state index contributed by atoms with van der Waals surface area (Å²) in [5, 5.41) is 12.1. The fourth-order valence-electron chi connectivity index (χ4n) is 3.23. The van der Waals surface area contributed by atoms with Crippen molar-refractivity contribution in [3.05, 3.63) is 53.1 Å². The largest absolute Gasteiger partial charge is 0.496 e. The van der Waals surface area contributed by atoms with Crippen LogP contribution in [-0.2, 0) is 28.7 Å². The molecule has 2 aromatic carbocycles. The lowest BCUT2D eigenvalue weighted by molar-refractivity contribution is -0.138. The Hall–Kier alpha value is -2.87. The molecule has 0 aliphatic rings. The molecule has 0 spiro atoms. The molecule has 8 heteroatoms. The Kier molecular flexibility index (Phi) is 8.07. The van der Waals surface area contributed by atoms with Gasteiger partial charge in [0.05, 0.1) is 19.1 Å². The van der Waals surface area contributed by atoms with E-state index in [0.29, 0.717) is 34.5 Å². The Morgan fingerprint density at radius 2 is 1.72 bits per heavy atom. The molecule has 0 atom stereocenters. The summed E-state index contributed by atoms with van der Waals surface area (Å²) < 4.78 is 45.3. The van der Waals surface area contributed by atoms with Crippen LogP contribution >= 0.6 is 0 Å². The number of methoxy groups -OCH3 is 1. The molecule has 0 saturated heterocycles. The van der Waals surface area contributed by atoms with Gasteiger partial charge in [-0.2, -0.15) is 13.2 Å². The molecular weight excluding hydrogens is 423 g/mol. The van der Waals surface area contributed by atoms with Crippen LogP contribution in [0, 0.1) is 5.41 Å². The van der Waals surface area contributed by atoms with E-state index in [2.05, 4.69) is 5.32 Å². The summed E-state index contributed by atoms with van der Waals surface area (Å²) in [6.45, 7) is 5.87. The number of rotatable bonds is 9. The Balaban J connectivity index is 2.40. The van der Waals surface area contributed by atoms with Gasteiger partial charge in [0.1, 0.15) is 11.5 Å². The molecule has 0 aliphatic heterocycles. The predicted octanol–water partition coefficient (Wildman–Crippen LogP) is 5.10. The predicted molar refractivity (Wildman–Crippen MR) is 116 cm³/mol. The number of benzene rings is 2. The van der Waals surface area contributed by atoms with Crippen LogP contribution in [0.4, 0.5) is 13.2 Å². The fraction of sp³-hybridized carbons (Fsp3) is 0.417. The number of nitrogens with one attached hydrogen (secondary N) is 1. The minimum absolute atomic E-state index is 0.0531. The van der Waals surface area contributed by atoms with Gasteiger partial charge in [0.15, 0.2) is 0 Å². The Morgan fingerprint density at radius 1 is 1.03 bits per heavy atom. The standard InChI is InChI=1S/C24H28F3NO4/c1-23(2,3)21(29)9-10-28-14-16-13-17(24(25,26)27)6-7-18(16)19-11-15(12-22(30)31)5-8-20(19)32-4/h5-8,11,13,28H,9-10,12,14H2,1-4H3,(H,30,31). The van der Waals surface area contributed by atoms with Crippen LogP contribution in [0.2, 0.25) is 0 Å². The first-order valence-corrected chi connectivity index (χ1v) is 10.2. The van der Waals surface area contributed by atoms with Crippen molar-refractivity contribution in [3.63, 3.8) is 0 Å². The second-order valence-corrected chi connectivity index (χ2v) is 8.57. The van der Waals surface area contributed by atoms with Crippen molar-refractivity contribution in [2.45, 2.75) is 46.3 Å². The van der Waals surface area contributed by atoms with Gasteiger partial charge in [0.25, 0.3) is 0 Å². The Morgan fingerprint density at radius 3 is 2.28 bits per heavy atom. The lowest BCUT2D eigenvalue weighted by Crippen LogP contribution is -2.25. The Bertz CT molecular complexity index is 978. The highest BCUT2D eigenvalue weighted by atomic mass is 19.4. The van der Waals surface area contributed by atoms with Crippen molar-refractivity contribution in [1.82, 2.24) is 5.32 Å². The summed E-state index contributed by atoms with van der Waals surface area (Å²) >= 11 is 0. The van der Waals surface area contributed by atoms with Crippen LogP contribution in [-0.4, -0.2) is 30.5 Å². The molecule has 5 nitrogen and oxygen atoms in total. The van der Waals surface area contributed by atoms with Gasteiger partial charge in [-0.3, -0.25) is 9.59 Å². The number of carbonyl (C=O) groups is 2. The molecule has 0 aliphatic carbocycles. The number of ketones is 1. The number of halogens is 3. The van der Waals surface area contributed by atoms with E-state index in [1.54, 1.807) is 18.2 Å². The highest BCUT2D eigenvalue weighted by Crippen LogP contribution is 2.37. The number of Topliss-reactive ketones (excluding diaryl/α,β-unsaturated/α-hetero) is 1. The van der Waals surface area contributed by atoms with Crippen LogP contribution in [0.15, 0.2) is 36.4 Å². The molecule has 0 saturated carbocycles. The first-order chi connectivity index (χ1) is 14.8. The van der Waals surface area contributed by atoms with Crippen molar-refractivity contribution >= 4 is 11.8 Å². The third kappa shape index (κ3) is 6.82. The summed E-state index contributed by atoms with van der Waals surface area (Å²) in [5.41, 5.74) is 0.599. The van der Waals surface area contributed by atoms with Gasteiger partial charge in [-0.1, -0.05) is 32.9 Å². The number of carboxylic acids is 1. The number of aliphatic carboxylic acids is 1. The van der Waals surface area contributed by atoms with Crippen LogP contribution in [0.5, 0.6) is 5.75 Å². The zero-order chi connectivity index (χ0) is 24.1. The van der Waals surface area contributed by atoms with Gasteiger partial charge in [0, 0.05) is 30.5 Å². The molecule has 174 valence electrons. The second kappa shape index (κ2) is 10.2. The van der Waals surface area contributed by atoms with Gasteiger partial charge in [0.2, 0.25) is 0 Å². The minimum atomic E-state index is -4.51. The van der Waals surface area contributed by atoms with E-state index in [4.69, 9.17) is 9.84 Å².